The fourth-order valence-corrected chi connectivity index (χ4v) is 3.43. The van der Waals surface area contributed by atoms with Gasteiger partial charge in [0.1, 0.15) is 5.70 Å². The molecule has 1 fully saturated rings. The number of hydrogen-bond donors (Lipinski definition) is 2. The average molecular weight is 474 g/mol. The van der Waals surface area contributed by atoms with Crippen LogP contribution >= 0.6 is 11.6 Å². The Morgan fingerprint density at radius 2 is 1.76 bits per heavy atom. The van der Waals surface area contributed by atoms with E-state index in [0.717, 1.165) is 18.7 Å². The van der Waals surface area contributed by atoms with E-state index in [1.165, 1.54) is 14.2 Å². The molecule has 2 amide bonds. The summed E-state index contributed by atoms with van der Waals surface area (Å²) in [6.45, 7) is 4.20. The van der Waals surface area contributed by atoms with E-state index >= 15 is 0 Å². The highest BCUT2D eigenvalue weighted by atomic mass is 35.5. The van der Waals surface area contributed by atoms with Crippen LogP contribution in [0, 0.1) is 0 Å². The number of rotatable bonds is 9. The highest BCUT2D eigenvalue weighted by Gasteiger charge is 2.17. The third-order valence-corrected chi connectivity index (χ3v) is 5.39. The summed E-state index contributed by atoms with van der Waals surface area (Å²) in [6, 6.07) is 11.8. The van der Waals surface area contributed by atoms with E-state index in [1.54, 1.807) is 48.5 Å². The molecule has 2 N–H and O–H groups in total. The maximum atomic E-state index is 12.9. The first-order chi connectivity index (χ1) is 16.0. The summed E-state index contributed by atoms with van der Waals surface area (Å²) in [6.07, 6.45) is 1.61. The monoisotopic (exact) mass is 473 g/mol. The number of carbonyl (C=O) groups is 2. The molecule has 8 nitrogen and oxygen atoms in total. The predicted octanol–water partition coefficient (Wildman–Crippen LogP) is 2.58. The van der Waals surface area contributed by atoms with Gasteiger partial charge in [0.05, 0.1) is 27.4 Å². The first-order valence-electron chi connectivity index (χ1n) is 10.6. The van der Waals surface area contributed by atoms with Crippen molar-refractivity contribution in [2.45, 2.75) is 0 Å². The fraction of sp³-hybridized carbons (Fsp3) is 0.333. The lowest BCUT2D eigenvalue weighted by Gasteiger charge is -2.26. The van der Waals surface area contributed by atoms with Crippen molar-refractivity contribution in [1.82, 2.24) is 15.5 Å². The molecule has 1 heterocycles. The molecule has 1 saturated heterocycles. The fourth-order valence-electron chi connectivity index (χ4n) is 3.30. The lowest BCUT2D eigenvalue weighted by Crippen LogP contribution is -2.42. The standard InChI is InChI=1S/C24H28ClN3O5/c1-31-21-8-5-18(16-22(21)32-2)23(29)27-20(15-17-3-6-19(25)7-4-17)24(30)26-9-10-28-11-13-33-14-12-28/h3-8,15-16H,9-14H2,1-2H3,(H,26,30)(H,27,29). The van der Waals surface area contributed by atoms with Gasteiger partial charge in [-0.1, -0.05) is 23.7 Å². The Morgan fingerprint density at radius 1 is 1.06 bits per heavy atom. The Hall–Kier alpha value is -3.07. The van der Waals surface area contributed by atoms with Crippen molar-refractivity contribution in [3.8, 4) is 11.5 Å². The molecule has 1 aliphatic heterocycles. The molecule has 0 unspecified atom stereocenters. The van der Waals surface area contributed by atoms with Gasteiger partial charge in [0.2, 0.25) is 0 Å². The molecule has 3 rings (SSSR count). The molecule has 0 radical (unpaired) electrons. The topological polar surface area (TPSA) is 89.1 Å². The quantitative estimate of drug-likeness (QED) is 0.544. The van der Waals surface area contributed by atoms with E-state index < -0.39 is 5.91 Å². The Labute approximate surface area is 198 Å². The molecule has 1 aliphatic rings. The van der Waals surface area contributed by atoms with Crippen molar-refractivity contribution in [2.24, 2.45) is 0 Å². The van der Waals surface area contributed by atoms with Gasteiger partial charge >= 0.3 is 0 Å². The number of carbonyl (C=O) groups excluding carboxylic acids is 2. The summed E-state index contributed by atoms with van der Waals surface area (Å²) in [7, 11) is 3.01. The van der Waals surface area contributed by atoms with E-state index in [2.05, 4.69) is 15.5 Å². The van der Waals surface area contributed by atoms with Crippen LogP contribution in [0.5, 0.6) is 11.5 Å². The molecule has 9 heteroatoms. The molecule has 0 aliphatic carbocycles. The largest absolute Gasteiger partial charge is 0.493 e. The van der Waals surface area contributed by atoms with Crippen LogP contribution in [0.25, 0.3) is 6.08 Å². The van der Waals surface area contributed by atoms with Crippen LogP contribution in [-0.4, -0.2) is 70.3 Å². The van der Waals surface area contributed by atoms with Crippen LogP contribution in [0.1, 0.15) is 15.9 Å². The van der Waals surface area contributed by atoms with Crippen LogP contribution in [0.4, 0.5) is 0 Å². The number of hydrogen-bond acceptors (Lipinski definition) is 6. The van der Waals surface area contributed by atoms with Crippen molar-refractivity contribution in [3.63, 3.8) is 0 Å². The summed E-state index contributed by atoms with van der Waals surface area (Å²) in [4.78, 5) is 28.1. The second-order valence-electron chi connectivity index (χ2n) is 7.34. The highest BCUT2D eigenvalue weighted by Crippen LogP contribution is 2.27. The van der Waals surface area contributed by atoms with Gasteiger partial charge in [-0.2, -0.15) is 0 Å². The summed E-state index contributed by atoms with van der Waals surface area (Å²) in [5, 5.41) is 6.19. The molecule has 0 spiro atoms. The summed E-state index contributed by atoms with van der Waals surface area (Å²) in [5.41, 5.74) is 1.18. The molecule has 0 bridgehead atoms. The molecule has 2 aromatic rings. The molecule has 176 valence electrons. The number of morpholine rings is 1. The van der Waals surface area contributed by atoms with Crippen molar-refractivity contribution in [3.05, 3.63) is 64.3 Å². The normalized spacial score (nSPS) is 14.5. The zero-order valence-corrected chi connectivity index (χ0v) is 19.5. The smallest absolute Gasteiger partial charge is 0.267 e. The van der Waals surface area contributed by atoms with Gasteiger partial charge < -0.3 is 24.8 Å². The first kappa shape index (κ1) is 24.6. The minimum absolute atomic E-state index is 0.124. The number of methoxy groups -OCH3 is 2. The Bertz CT molecular complexity index is 988. The average Bonchev–Trinajstić information content (AvgIpc) is 2.85. The lowest BCUT2D eigenvalue weighted by atomic mass is 10.1. The van der Waals surface area contributed by atoms with Gasteiger partial charge in [0.15, 0.2) is 11.5 Å². The number of nitrogens with zero attached hydrogens (tertiary/aromatic N) is 1. The number of ether oxygens (including phenoxy) is 3. The van der Waals surface area contributed by atoms with Gasteiger partial charge in [-0.15, -0.1) is 0 Å². The molecular weight excluding hydrogens is 446 g/mol. The molecule has 0 atom stereocenters. The van der Waals surface area contributed by atoms with Gasteiger partial charge in [0, 0.05) is 36.8 Å². The van der Waals surface area contributed by atoms with Crippen LogP contribution < -0.4 is 20.1 Å². The van der Waals surface area contributed by atoms with Crippen LogP contribution in [0.15, 0.2) is 48.2 Å². The number of halogens is 1. The summed E-state index contributed by atoms with van der Waals surface area (Å²) < 4.78 is 15.8. The maximum absolute atomic E-state index is 12.9. The van der Waals surface area contributed by atoms with Crippen molar-refractivity contribution in [2.75, 3.05) is 53.6 Å². The highest BCUT2D eigenvalue weighted by molar-refractivity contribution is 6.30. The van der Waals surface area contributed by atoms with Crippen LogP contribution in [0.2, 0.25) is 5.02 Å². The Morgan fingerprint density at radius 3 is 2.42 bits per heavy atom. The third kappa shape index (κ3) is 7.21. The predicted molar refractivity (Wildman–Crippen MR) is 127 cm³/mol. The van der Waals surface area contributed by atoms with E-state index in [1.807, 2.05) is 0 Å². The first-order valence-corrected chi connectivity index (χ1v) is 11.0. The van der Waals surface area contributed by atoms with Gasteiger partial charge in [-0.3, -0.25) is 14.5 Å². The zero-order valence-electron chi connectivity index (χ0n) is 18.7. The second-order valence-corrected chi connectivity index (χ2v) is 7.78. The molecule has 0 aromatic heterocycles. The van der Waals surface area contributed by atoms with E-state index in [4.69, 9.17) is 25.8 Å². The minimum atomic E-state index is -0.445. The van der Waals surface area contributed by atoms with Crippen molar-refractivity contribution in [1.29, 1.82) is 0 Å². The van der Waals surface area contributed by atoms with Gasteiger partial charge in [-0.05, 0) is 42.0 Å². The minimum Gasteiger partial charge on any atom is -0.493 e. The van der Waals surface area contributed by atoms with Gasteiger partial charge in [-0.25, -0.2) is 0 Å². The van der Waals surface area contributed by atoms with Crippen LogP contribution in [0.3, 0.4) is 0 Å². The number of amides is 2. The Balaban J connectivity index is 1.74. The molecule has 33 heavy (non-hydrogen) atoms. The number of nitrogens with one attached hydrogen (secondary N) is 2. The third-order valence-electron chi connectivity index (χ3n) is 5.14. The van der Waals surface area contributed by atoms with Crippen molar-refractivity contribution >= 4 is 29.5 Å². The van der Waals surface area contributed by atoms with Crippen LogP contribution in [-0.2, 0) is 9.53 Å². The molecular formula is C24H28ClN3O5. The zero-order chi connectivity index (χ0) is 23.6. The SMILES string of the molecule is COc1ccc(C(=O)NC(=Cc2ccc(Cl)cc2)C(=O)NCCN2CCOCC2)cc1OC. The van der Waals surface area contributed by atoms with E-state index in [0.29, 0.717) is 48.4 Å². The van der Waals surface area contributed by atoms with Crippen molar-refractivity contribution < 1.29 is 23.8 Å². The second kappa shape index (κ2) is 12.2. The summed E-state index contributed by atoms with van der Waals surface area (Å²) in [5.74, 6) is 0.0988. The maximum Gasteiger partial charge on any atom is 0.267 e. The van der Waals surface area contributed by atoms with E-state index in [-0.39, 0.29) is 11.6 Å². The van der Waals surface area contributed by atoms with Gasteiger partial charge in [0.25, 0.3) is 11.8 Å². The number of benzene rings is 2. The summed E-state index contributed by atoms with van der Waals surface area (Å²) >= 11 is 5.97. The Kier molecular flexibility index (Phi) is 9.12. The molecule has 0 saturated carbocycles. The lowest BCUT2D eigenvalue weighted by molar-refractivity contribution is -0.117. The molecule has 2 aromatic carbocycles. The van der Waals surface area contributed by atoms with E-state index in [9.17, 15) is 9.59 Å².